The highest BCUT2D eigenvalue weighted by Crippen LogP contribution is 2.22. The van der Waals surface area contributed by atoms with Gasteiger partial charge in [0, 0.05) is 10.0 Å². The van der Waals surface area contributed by atoms with Crippen LogP contribution in [0.25, 0.3) is 0 Å². The number of halogens is 1. The fourth-order valence-electron chi connectivity index (χ4n) is 2.47. The minimum Gasteiger partial charge on any atom is -0.316 e. The van der Waals surface area contributed by atoms with Crippen LogP contribution in [0.3, 0.4) is 0 Å². The molecular weight excluding hydrogens is 288 g/mol. The molecule has 1 saturated heterocycles. The van der Waals surface area contributed by atoms with E-state index in [9.17, 15) is 0 Å². The van der Waals surface area contributed by atoms with Gasteiger partial charge in [-0.05, 0) is 69.9 Å². The fraction of sp³-hybridized carbons (Fsp3) is 0.600. The van der Waals surface area contributed by atoms with Gasteiger partial charge in [0.25, 0.3) is 0 Å². The highest BCUT2D eigenvalue weighted by molar-refractivity contribution is 9.10. The molecule has 2 N–H and O–H groups in total. The number of piperidine rings is 1. The Labute approximate surface area is 119 Å². The Bertz CT molecular complexity index is 367. The van der Waals surface area contributed by atoms with Gasteiger partial charge in [0.05, 0.1) is 0 Å². The third kappa shape index (κ3) is 3.81. The second kappa shape index (κ2) is 6.18. The average molecular weight is 311 g/mol. The van der Waals surface area contributed by atoms with Crippen molar-refractivity contribution in [3.05, 3.63) is 34.3 Å². The molecule has 18 heavy (non-hydrogen) atoms. The summed E-state index contributed by atoms with van der Waals surface area (Å²) in [5, 5.41) is 7.18. The monoisotopic (exact) mass is 310 g/mol. The van der Waals surface area contributed by atoms with Gasteiger partial charge in [-0.25, -0.2) is 0 Å². The normalized spacial score (nSPS) is 20.9. The molecule has 2 nitrogen and oxygen atoms in total. The van der Waals surface area contributed by atoms with Crippen LogP contribution >= 0.6 is 15.9 Å². The summed E-state index contributed by atoms with van der Waals surface area (Å²) in [6.45, 7) is 7.95. The lowest BCUT2D eigenvalue weighted by Gasteiger charge is -2.31. The molecule has 1 heterocycles. The summed E-state index contributed by atoms with van der Waals surface area (Å²) in [6.07, 6.45) is 2.65. The standard InChI is InChI=1S/C15H23BrN2/c1-15(2,13-5-7-14(16)8-6-13)18-11-12-4-3-9-17-10-12/h5-8,12,17-18H,3-4,9-11H2,1-2H3. The third-order valence-corrected chi connectivity index (χ3v) is 4.33. The summed E-state index contributed by atoms with van der Waals surface area (Å²) < 4.78 is 1.14. The van der Waals surface area contributed by atoms with E-state index >= 15 is 0 Å². The maximum Gasteiger partial charge on any atom is 0.0377 e. The van der Waals surface area contributed by atoms with Crippen molar-refractivity contribution in [2.24, 2.45) is 5.92 Å². The highest BCUT2D eigenvalue weighted by atomic mass is 79.9. The van der Waals surface area contributed by atoms with Crippen LogP contribution in [0.15, 0.2) is 28.7 Å². The summed E-state index contributed by atoms with van der Waals surface area (Å²) in [7, 11) is 0. The van der Waals surface area contributed by atoms with Gasteiger partial charge in [-0.3, -0.25) is 0 Å². The topological polar surface area (TPSA) is 24.1 Å². The van der Waals surface area contributed by atoms with E-state index in [1.165, 1.54) is 24.9 Å². The summed E-state index contributed by atoms with van der Waals surface area (Å²) in [5.74, 6) is 0.772. The minimum atomic E-state index is 0.0398. The lowest BCUT2D eigenvalue weighted by Crippen LogP contribution is -2.43. The van der Waals surface area contributed by atoms with E-state index < -0.39 is 0 Å². The van der Waals surface area contributed by atoms with E-state index in [2.05, 4.69) is 64.7 Å². The average Bonchev–Trinajstić information content (AvgIpc) is 2.38. The molecule has 1 aromatic carbocycles. The molecule has 0 amide bonds. The first-order valence-corrected chi connectivity index (χ1v) is 7.59. The van der Waals surface area contributed by atoms with Gasteiger partial charge in [-0.1, -0.05) is 28.1 Å². The van der Waals surface area contributed by atoms with Crippen molar-refractivity contribution in [1.29, 1.82) is 0 Å². The Morgan fingerprint density at radius 3 is 2.67 bits per heavy atom. The number of hydrogen-bond donors (Lipinski definition) is 2. The van der Waals surface area contributed by atoms with Crippen molar-refractivity contribution in [3.8, 4) is 0 Å². The highest BCUT2D eigenvalue weighted by Gasteiger charge is 2.22. The van der Waals surface area contributed by atoms with E-state index in [0.717, 1.165) is 23.5 Å². The Hall–Kier alpha value is -0.380. The molecule has 100 valence electrons. The van der Waals surface area contributed by atoms with Crippen molar-refractivity contribution in [1.82, 2.24) is 10.6 Å². The second-order valence-corrected chi connectivity index (χ2v) is 6.64. The number of nitrogens with one attached hydrogen (secondary N) is 2. The van der Waals surface area contributed by atoms with Gasteiger partial charge < -0.3 is 10.6 Å². The molecule has 0 spiro atoms. The largest absolute Gasteiger partial charge is 0.316 e. The quantitative estimate of drug-likeness (QED) is 0.892. The maximum absolute atomic E-state index is 3.71. The molecule has 0 bridgehead atoms. The molecule has 0 saturated carbocycles. The van der Waals surface area contributed by atoms with Gasteiger partial charge in [0.1, 0.15) is 0 Å². The van der Waals surface area contributed by atoms with Crippen molar-refractivity contribution in [2.45, 2.75) is 32.2 Å². The van der Waals surface area contributed by atoms with Crippen LogP contribution in [0.1, 0.15) is 32.3 Å². The maximum atomic E-state index is 3.71. The van der Waals surface area contributed by atoms with Gasteiger partial charge in [0.15, 0.2) is 0 Å². The zero-order chi connectivity index (χ0) is 13.0. The first-order valence-electron chi connectivity index (χ1n) is 6.80. The van der Waals surface area contributed by atoms with Crippen molar-refractivity contribution in [2.75, 3.05) is 19.6 Å². The van der Waals surface area contributed by atoms with E-state index in [-0.39, 0.29) is 5.54 Å². The minimum absolute atomic E-state index is 0.0398. The molecule has 2 rings (SSSR count). The molecule has 0 aromatic heterocycles. The van der Waals surface area contributed by atoms with Crippen LogP contribution in [-0.4, -0.2) is 19.6 Å². The molecule has 1 fully saturated rings. The van der Waals surface area contributed by atoms with Gasteiger partial charge in [-0.2, -0.15) is 0 Å². The molecule has 0 radical (unpaired) electrons. The van der Waals surface area contributed by atoms with Crippen molar-refractivity contribution in [3.63, 3.8) is 0 Å². The molecule has 1 aliphatic rings. The Kier molecular flexibility index (Phi) is 4.82. The summed E-state index contributed by atoms with van der Waals surface area (Å²) >= 11 is 3.49. The lowest BCUT2D eigenvalue weighted by atomic mass is 9.92. The van der Waals surface area contributed by atoms with Crippen LogP contribution < -0.4 is 10.6 Å². The molecule has 1 atom stereocenters. The predicted octanol–water partition coefficient (Wildman–Crippen LogP) is 3.27. The Morgan fingerprint density at radius 2 is 2.06 bits per heavy atom. The third-order valence-electron chi connectivity index (χ3n) is 3.80. The van der Waals surface area contributed by atoms with E-state index in [1.54, 1.807) is 0 Å². The first-order chi connectivity index (χ1) is 8.58. The van der Waals surface area contributed by atoms with E-state index in [0.29, 0.717) is 0 Å². The second-order valence-electron chi connectivity index (χ2n) is 5.73. The molecule has 0 aliphatic carbocycles. The van der Waals surface area contributed by atoms with Crippen LogP contribution in [0.5, 0.6) is 0 Å². The summed E-state index contributed by atoms with van der Waals surface area (Å²) in [5.41, 5.74) is 1.38. The summed E-state index contributed by atoms with van der Waals surface area (Å²) in [6, 6.07) is 8.61. The van der Waals surface area contributed by atoms with Crippen LogP contribution in [0.4, 0.5) is 0 Å². The van der Waals surface area contributed by atoms with E-state index in [1.807, 2.05) is 0 Å². The van der Waals surface area contributed by atoms with Crippen LogP contribution in [-0.2, 0) is 5.54 Å². The van der Waals surface area contributed by atoms with Gasteiger partial charge in [-0.15, -0.1) is 0 Å². The summed E-state index contributed by atoms with van der Waals surface area (Å²) in [4.78, 5) is 0. The molecule has 3 heteroatoms. The predicted molar refractivity (Wildman–Crippen MR) is 80.8 cm³/mol. The first kappa shape index (κ1) is 14.0. The molecular formula is C15H23BrN2. The van der Waals surface area contributed by atoms with Crippen LogP contribution in [0.2, 0.25) is 0 Å². The van der Waals surface area contributed by atoms with Gasteiger partial charge >= 0.3 is 0 Å². The molecule has 1 aromatic rings. The van der Waals surface area contributed by atoms with Crippen molar-refractivity contribution >= 4 is 15.9 Å². The fourth-order valence-corrected chi connectivity index (χ4v) is 2.73. The van der Waals surface area contributed by atoms with Crippen LogP contribution in [0, 0.1) is 5.92 Å². The molecule has 1 aliphatic heterocycles. The number of hydrogen-bond acceptors (Lipinski definition) is 2. The zero-order valence-electron chi connectivity index (χ0n) is 11.3. The Balaban J connectivity index is 1.91. The zero-order valence-corrected chi connectivity index (χ0v) is 12.9. The van der Waals surface area contributed by atoms with Crippen molar-refractivity contribution < 1.29 is 0 Å². The number of benzene rings is 1. The smallest absolute Gasteiger partial charge is 0.0377 e. The lowest BCUT2D eigenvalue weighted by molar-refractivity contribution is 0.308. The SMILES string of the molecule is CC(C)(NCC1CCCNC1)c1ccc(Br)cc1. The number of rotatable bonds is 4. The Morgan fingerprint density at radius 1 is 1.33 bits per heavy atom. The van der Waals surface area contributed by atoms with Gasteiger partial charge in [0.2, 0.25) is 0 Å². The van der Waals surface area contributed by atoms with E-state index in [4.69, 9.17) is 0 Å². The molecule has 1 unspecified atom stereocenters.